The molecule has 2 N–H and O–H groups in total. The predicted molar refractivity (Wildman–Crippen MR) is 98.8 cm³/mol. The van der Waals surface area contributed by atoms with E-state index in [0.717, 1.165) is 16.9 Å². The fraction of sp³-hybridized carbons (Fsp3) is 0.368. The number of thiophene rings is 1. The molecule has 1 aliphatic heterocycles. The second-order valence-corrected chi connectivity index (χ2v) is 7.77. The molecule has 0 bridgehead atoms. The van der Waals surface area contributed by atoms with Gasteiger partial charge in [0.25, 0.3) is 0 Å². The van der Waals surface area contributed by atoms with Gasteiger partial charge in [-0.05, 0) is 31.4 Å². The number of anilines is 1. The van der Waals surface area contributed by atoms with Gasteiger partial charge < -0.3 is 10.1 Å². The van der Waals surface area contributed by atoms with E-state index in [2.05, 4.69) is 16.7 Å². The Morgan fingerprint density at radius 3 is 2.84 bits per heavy atom. The van der Waals surface area contributed by atoms with Gasteiger partial charge in [0.1, 0.15) is 11.1 Å². The molecule has 0 aliphatic carbocycles. The summed E-state index contributed by atoms with van der Waals surface area (Å²) in [5, 5.41) is 15.8. The second kappa shape index (κ2) is 7.26. The number of ether oxygens (including phenoxy) is 1. The number of urea groups is 1. The summed E-state index contributed by atoms with van der Waals surface area (Å²) >= 11 is 1.43. The Balaban J connectivity index is 1.62. The molecular formula is C19H21N3O2S. The molecule has 0 unspecified atom stereocenters. The largest absolute Gasteiger partial charge is 0.370 e. The zero-order valence-corrected chi connectivity index (χ0v) is 15.2. The number of hydrogen-bond acceptors (Lipinski definition) is 4. The van der Waals surface area contributed by atoms with Crippen LogP contribution in [0.5, 0.6) is 0 Å². The minimum Gasteiger partial charge on any atom is -0.370 e. The van der Waals surface area contributed by atoms with Crippen molar-refractivity contribution in [1.29, 1.82) is 5.26 Å². The van der Waals surface area contributed by atoms with Gasteiger partial charge >= 0.3 is 6.03 Å². The highest BCUT2D eigenvalue weighted by Gasteiger charge is 2.31. The van der Waals surface area contributed by atoms with Gasteiger partial charge in [0.05, 0.1) is 17.8 Å². The molecule has 2 amide bonds. The van der Waals surface area contributed by atoms with E-state index >= 15 is 0 Å². The highest BCUT2D eigenvalue weighted by atomic mass is 32.1. The monoisotopic (exact) mass is 355 g/mol. The molecule has 25 heavy (non-hydrogen) atoms. The molecule has 2 heterocycles. The summed E-state index contributed by atoms with van der Waals surface area (Å²) in [6.45, 7) is 5.05. The first-order chi connectivity index (χ1) is 12.0. The van der Waals surface area contributed by atoms with Crippen LogP contribution in [-0.2, 0) is 24.2 Å². The van der Waals surface area contributed by atoms with Crippen LogP contribution in [0.4, 0.5) is 9.80 Å². The fourth-order valence-electron chi connectivity index (χ4n) is 2.87. The fourth-order valence-corrected chi connectivity index (χ4v) is 3.95. The molecule has 0 spiro atoms. The van der Waals surface area contributed by atoms with E-state index in [1.54, 1.807) is 0 Å². The molecule has 0 saturated carbocycles. The summed E-state index contributed by atoms with van der Waals surface area (Å²) < 4.78 is 5.80. The first-order valence-electron chi connectivity index (χ1n) is 8.26. The van der Waals surface area contributed by atoms with Crippen molar-refractivity contribution < 1.29 is 9.53 Å². The van der Waals surface area contributed by atoms with Gasteiger partial charge in [0, 0.05) is 17.8 Å². The predicted octanol–water partition coefficient (Wildman–Crippen LogP) is 3.84. The van der Waals surface area contributed by atoms with Crippen LogP contribution in [0.3, 0.4) is 0 Å². The SMILES string of the molecule is CC1(C)Cc2c(sc(NC(=O)NCCc3ccccc3)c2C#N)CO1. The smallest absolute Gasteiger partial charge is 0.319 e. The van der Waals surface area contributed by atoms with E-state index in [0.29, 0.717) is 30.1 Å². The molecule has 130 valence electrons. The third kappa shape index (κ3) is 4.19. The average molecular weight is 355 g/mol. The lowest BCUT2D eigenvalue weighted by Crippen LogP contribution is -2.31. The average Bonchev–Trinajstić information content (AvgIpc) is 2.90. The van der Waals surface area contributed by atoms with Crippen molar-refractivity contribution in [1.82, 2.24) is 5.32 Å². The van der Waals surface area contributed by atoms with Crippen molar-refractivity contribution in [3.8, 4) is 6.07 Å². The van der Waals surface area contributed by atoms with Crippen LogP contribution < -0.4 is 10.6 Å². The minimum absolute atomic E-state index is 0.283. The van der Waals surface area contributed by atoms with Gasteiger partial charge in [-0.15, -0.1) is 11.3 Å². The molecule has 0 fully saturated rings. The lowest BCUT2D eigenvalue weighted by atomic mass is 9.93. The van der Waals surface area contributed by atoms with Crippen molar-refractivity contribution >= 4 is 22.4 Å². The van der Waals surface area contributed by atoms with Crippen LogP contribution >= 0.6 is 11.3 Å². The summed E-state index contributed by atoms with van der Waals surface area (Å²) in [6.07, 6.45) is 1.45. The molecule has 0 atom stereocenters. The number of nitrogens with zero attached hydrogens (tertiary/aromatic N) is 1. The standard InChI is InChI=1S/C19H21N3O2S/c1-19(2)10-14-15(11-20)17(25-16(14)12-24-19)22-18(23)21-9-8-13-6-4-3-5-7-13/h3-7H,8-10,12H2,1-2H3,(H2,21,22,23). The topological polar surface area (TPSA) is 74.2 Å². The van der Waals surface area contributed by atoms with Crippen LogP contribution in [0.15, 0.2) is 30.3 Å². The van der Waals surface area contributed by atoms with Gasteiger partial charge in [0.15, 0.2) is 0 Å². The molecule has 0 saturated heterocycles. The number of carbonyl (C=O) groups excluding carboxylic acids is 1. The number of nitriles is 1. The number of carbonyl (C=O) groups is 1. The van der Waals surface area contributed by atoms with Gasteiger partial charge in [-0.2, -0.15) is 5.26 Å². The van der Waals surface area contributed by atoms with E-state index in [-0.39, 0.29) is 11.6 Å². The van der Waals surface area contributed by atoms with Gasteiger partial charge in [-0.3, -0.25) is 5.32 Å². The van der Waals surface area contributed by atoms with Gasteiger partial charge in [-0.1, -0.05) is 30.3 Å². The number of benzene rings is 1. The number of rotatable bonds is 4. The van der Waals surface area contributed by atoms with Crippen molar-refractivity contribution in [3.05, 3.63) is 51.9 Å². The molecule has 2 aromatic rings. The van der Waals surface area contributed by atoms with E-state index in [1.165, 1.54) is 16.9 Å². The summed E-state index contributed by atoms with van der Waals surface area (Å²) in [7, 11) is 0. The maximum atomic E-state index is 12.2. The maximum absolute atomic E-state index is 12.2. The van der Waals surface area contributed by atoms with Crippen molar-refractivity contribution in [2.45, 2.75) is 38.9 Å². The normalized spacial score (nSPS) is 15.1. The summed E-state index contributed by atoms with van der Waals surface area (Å²) in [5.74, 6) is 0. The molecule has 1 aromatic heterocycles. The zero-order chi connectivity index (χ0) is 17.9. The van der Waals surface area contributed by atoms with Crippen LogP contribution in [0.2, 0.25) is 0 Å². The third-order valence-corrected chi connectivity index (χ3v) is 5.29. The molecule has 6 heteroatoms. The maximum Gasteiger partial charge on any atom is 0.319 e. The summed E-state index contributed by atoms with van der Waals surface area (Å²) in [5.41, 5.74) is 2.46. The van der Waals surface area contributed by atoms with E-state index < -0.39 is 0 Å². The Hall–Kier alpha value is -2.36. The summed E-state index contributed by atoms with van der Waals surface area (Å²) in [4.78, 5) is 13.2. The highest BCUT2D eigenvalue weighted by molar-refractivity contribution is 7.16. The number of hydrogen-bond donors (Lipinski definition) is 2. The van der Waals surface area contributed by atoms with Crippen LogP contribution in [0, 0.1) is 11.3 Å². The highest BCUT2D eigenvalue weighted by Crippen LogP contribution is 2.39. The molecule has 0 radical (unpaired) electrons. The number of nitrogens with one attached hydrogen (secondary N) is 2. The summed E-state index contributed by atoms with van der Waals surface area (Å²) in [6, 6.07) is 11.9. The van der Waals surface area contributed by atoms with E-state index in [4.69, 9.17) is 4.74 Å². The molecule has 5 nitrogen and oxygen atoms in total. The van der Waals surface area contributed by atoms with E-state index in [9.17, 15) is 10.1 Å². The molecule has 1 aromatic carbocycles. The van der Waals surface area contributed by atoms with Gasteiger partial charge in [0.2, 0.25) is 0 Å². The quantitative estimate of drug-likeness (QED) is 0.875. The molecule has 1 aliphatic rings. The Bertz CT molecular complexity index is 806. The second-order valence-electron chi connectivity index (χ2n) is 6.66. The van der Waals surface area contributed by atoms with Crippen molar-refractivity contribution in [2.75, 3.05) is 11.9 Å². The first-order valence-corrected chi connectivity index (χ1v) is 9.07. The third-order valence-electron chi connectivity index (χ3n) is 4.17. The van der Waals surface area contributed by atoms with Crippen LogP contribution in [0.25, 0.3) is 0 Å². The number of amides is 2. The van der Waals surface area contributed by atoms with Crippen LogP contribution in [0.1, 0.15) is 35.4 Å². The minimum atomic E-state index is -0.286. The Labute approximate surface area is 151 Å². The Morgan fingerprint density at radius 1 is 1.36 bits per heavy atom. The Kier molecular flexibility index (Phi) is 5.07. The van der Waals surface area contributed by atoms with Crippen LogP contribution in [-0.4, -0.2) is 18.2 Å². The van der Waals surface area contributed by atoms with E-state index in [1.807, 2.05) is 44.2 Å². The van der Waals surface area contributed by atoms with Crippen molar-refractivity contribution in [3.63, 3.8) is 0 Å². The lowest BCUT2D eigenvalue weighted by molar-refractivity contribution is -0.0383. The van der Waals surface area contributed by atoms with Crippen molar-refractivity contribution in [2.24, 2.45) is 0 Å². The molecular weight excluding hydrogens is 334 g/mol. The lowest BCUT2D eigenvalue weighted by Gasteiger charge is -2.29. The Morgan fingerprint density at radius 2 is 2.12 bits per heavy atom. The number of fused-ring (bicyclic) bond motifs is 1. The molecule has 3 rings (SSSR count). The first kappa shape index (κ1) is 17.5. The van der Waals surface area contributed by atoms with Gasteiger partial charge in [-0.25, -0.2) is 4.79 Å². The zero-order valence-electron chi connectivity index (χ0n) is 14.4.